The lowest BCUT2D eigenvalue weighted by atomic mass is 10.1. The van der Waals surface area contributed by atoms with E-state index in [2.05, 4.69) is 22.2 Å². The Morgan fingerprint density at radius 3 is 2.88 bits per heavy atom. The largest absolute Gasteiger partial charge is 0.488 e. The van der Waals surface area contributed by atoms with E-state index in [1.807, 2.05) is 50.3 Å². The molecule has 0 amide bonds. The lowest BCUT2D eigenvalue weighted by Crippen LogP contribution is -2.33. The second-order valence-electron chi connectivity index (χ2n) is 6.48. The number of benzene rings is 1. The minimum Gasteiger partial charge on any atom is -0.488 e. The first-order chi connectivity index (χ1) is 12.1. The van der Waals surface area contributed by atoms with E-state index in [1.54, 1.807) is 10.9 Å². The first-order valence-electron chi connectivity index (χ1n) is 8.39. The van der Waals surface area contributed by atoms with Gasteiger partial charge in [-0.1, -0.05) is 18.2 Å². The average molecular weight is 335 g/mol. The number of fused-ring (bicyclic) bond motifs is 1. The number of anilines is 1. The van der Waals surface area contributed by atoms with Crippen molar-refractivity contribution in [3.05, 3.63) is 54.0 Å². The van der Waals surface area contributed by atoms with Gasteiger partial charge in [0.1, 0.15) is 11.9 Å². The molecule has 1 atom stereocenters. The molecule has 6 heteroatoms. The second kappa shape index (κ2) is 6.20. The number of para-hydroxylation sites is 1. The molecule has 1 aliphatic heterocycles. The zero-order valence-corrected chi connectivity index (χ0v) is 14.7. The minimum atomic E-state index is 0.120. The Labute approximate surface area is 147 Å². The van der Waals surface area contributed by atoms with Crippen LogP contribution in [0.4, 0.5) is 5.95 Å². The lowest BCUT2D eigenvalue weighted by Gasteiger charge is -2.21. The molecule has 1 aliphatic rings. The van der Waals surface area contributed by atoms with Crippen molar-refractivity contribution in [3.63, 3.8) is 0 Å². The molecule has 0 saturated heterocycles. The highest BCUT2D eigenvalue weighted by molar-refractivity contribution is 5.61. The smallest absolute Gasteiger partial charge is 0.225 e. The molecule has 2 aromatic heterocycles. The summed E-state index contributed by atoms with van der Waals surface area (Å²) in [7, 11) is 3.92. The third kappa shape index (κ3) is 3.07. The molecule has 0 fully saturated rings. The molecular formula is C19H21N5O. The molecule has 0 N–H and O–H groups in total. The van der Waals surface area contributed by atoms with Crippen LogP contribution in [-0.2, 0) is 13.5 Å². The highest BCUT2D eigenvalue weighted by Crippen LogP contribution is 2.29. The Morgan fingerprint density at radius 2 is 2.12 bits per heavy atom. The summed E-state index contributed by atoms with van der Waals surface area (Å²) in [5.41, 5.74) is 4.15. The Bertz CT molecular complexity index is 879. The number of ether oxygens (including phenoxy) is 1. The summed E-state index contributed by atoms with van der Waals surface area (Å²) in [6.07, 6.45) is 4.82. The van der Waals surface area contributed by atoms with Crippen LogP contribution >= 0.6 is 0 Å². The standard InChI is InChI=1S/C19H21N5O/c1-13-16(12-24(3)22-13)17-8-9-20-19(21-17)23(2)11-15-10-14-6-4-5-7-18(14)25-15/h4-9,12,15H,10-11H2,1-3H3/t15-/m1/s1. The topological polar surface area (TPSA) is 56.1 Å². The number of rotatable bonds is 4. The Kier molecular flexibility index (Phi) is 3.87. The van der Waals surface area contributed by atoms with Crippen LogP contribution in [0, 0.1) is 6.92 Å². The van der Waals surface area contributed by atoms with Gasteiger partial charge in [0.2, 0.25) is 5.95 Å². The summed E-state index contributed by atoms with van der Waals surface area (Å²) in [5.74, 6) is 1.68. The number of aromatic nitrogens is 4. The predicted octanol–water partition coefficient (Wildman–Crippen LogP) is 2.63. The van der Waals surface area contributed by atoms with Crippen molar-refractivity contribution in [2.45, 2.75) is 19.4 Å². The molecule has 0 aliphatic carbocycles. The monoisotopic (exact) mass is 335 g/mol. The molecular weight excluding hydrogens is 314 g/mol. The van der Waals surface area contributed by atoms with Gasteiger partial charge in [0.05, 0.1) is 17.9 Å². The maximum absolute atomic E-state index is 6.03. The fourth-order valence-corrected chi connectivity index (χ4v) is 3.28. The van der Waals surface area contributed by atoms with Gasteiger partial charge in [-0.05, 0) is 24.6 Å². The van der Waals surface area contributed by atoms with Crippen LogP contribution in [0.3, 0.4) is 0 Å². The van der Waals surface area contributed by atoms with Crippen molar-refractivity contribution in [1.82, 2.24) is 19.7 Å². The third-order valence-corrected chi connectivity index (χ3v) is 4.47. The number of hydrogen-bond acceptors (Lipinski definition) is 5. The van der Waals surface area contributed by atoms with Gasteiger partial charge >= 0.3 is 0 Å². The van der Waals surface area contributed by atoms with Crippen molar-refractivity contribution in [2.24, 2.45) is 7.05 Å². The van der Waals surface area contributed by atoms with Gasteiger partial charge in [0.15, 0.2) is 0 Å². The number of likely N-dealkylation sites (N-methyl/N-ethyl adjacent to an activating group) is 1. The predicted molar refractivity (Wildman–Crippen MR) is 96.8 cm³/mol. The lowest BCUT2D eigenvalue weighted by molar-refractivity contribution is 0.238. The van der Waals surface area contributed by atoms with E-state index in [9.17, 15) is 0 Å². The average Bonchev–Trinajstić information content (AvgIpc) is 3.16. The molecule has 1 aromatic carbocycles. The first kappa shape index (κ1) is 15.6. The SMILES string of the molecule is Cc1nn(C)cc1-c1ccnc(N(C)C[C@H]2Cc3ccccc3O2)n1. The summed E-state index contributed by atoms with van der Waals surface area (Å²) in [4.78, 5) is 11.2. The fourth-order valence-electron chi connectivity index (χ4n) is 3.28. The molecule has 0 radical (unpaired) electrons. The summed E-state index contributed by atoms with van der Waals surface area (Å²) in [5, 5.41) is 4.39. The van der Waals surface area contributed by atoms with Crippen LogP contribution in [0.25, 0.3) is 11.3 Å². The van der Waals surface area contributed by atoms with Crippen molar-refractivity contribution in [3.8, 4) is 17.0 Å². The van der Waals surface area contributed by atoms with Gasteiger partial charge in [-0.25, -0.2) is 9.97 Å². The number of hydrogen-bond donors (Lipinski definition) is 0. The quantitative estimate of drug-likeness (QED) is 0.734. The van der Waals surface area contributed by atoms with E-state index in [1.165, 1.54) is 5.56 Å². The normalized spacial score (nSPS) is 15.7. The molecule has 0 unspecified atom stereocenters. The highest BCUT2D eigenvalue weighted by Gasteiger charge is 2.24. The maximum atomic E-state index is 6.03. The number of aryl methyl sites for hydroxylation is 2. The molecule has 3 aromatic rings. The summed E-state index contributed by atoms with van der Waals surface area (Å²) >= 11 is 0. The van der Waals surface area contributed by atoms with E-state index in [0.29, 0.717) is 5.95 Å². The molecule has 128 valence electrons. The van der Waals surface area contributed by atoms with Crippen LogP contribution in [0.1, 0.15) is 11.3 Å². The molecule has 4 rings (SSSR count). The molecule has 0 spiro atoms. The highest BCUT2D eigenvalue weighted by atomic mass is 16.5. The van der Waals surface area contributed by atoms with Crippen molar-refractivity contribution in [2.75, 3.05) is 18.5 Å². The van der Waals surface area contributed by atoms with Crippen LogP contribution < -0.4 is 9.64 Å². The maximum Gasteiger partial charge on any atom is 0.225 e. The van der Waals surface area contributed by atoms with Crippen LogP contribution in [-0.4, -0.2) is 39.4 Å². The summed E-state index contributed by atoms with van der Waals surface area (Å²) in [6.45, 7) is 2.73. The Morgan fingerprint density at radius 1 is 1.28 bits per heavy atom. The van der Waals surface area contributed by atoms with Crippen LogP contribution in [0.5, 0.6) is 5.75 Å². The van der Waals surface area contributed by atoms with Gasteiger partial charge in [-0.3, -0.25) is 4.68 Å². The molecule has 3 heterocycles. The Balaban J connectivity index is 1.51. The van der Waals surface area contributed by atoms with Gasteiger partial charge in [0, 0.05) is 38.5 Å². The van der Waals surface area contributed by atoms with Gasteiger partial charge in [-0.15, -0.1) is 0 Å². The zero-order chi connectivity index (χ0) is 17.4. The molecule has 0 bridgehead atoms. The summed E-state index contributed by atoms with van der Waals surface area (Å²) < 4.78 is 7.83. The molecule has 25 heavy (non-hydrogen) atoms. The molecule has 6 nitrogen and oxygen atoms in total. The zero-order valence-electron chi connectivity index (χ0n) is 14.7. The minimum absolute atomic E-state index is 0.120. The Hall–Kier alpha value is -2.89. The second-order valence-corrected chi connectivity index (χ2v) is 6.48. The third-order valence-electron chi connectivity index (χ3n) is 4.47. The van der Waals surface area contributed by atoms with Gasteiger partial charge in [0.25, 0.3) is 0 Å². The fraction of sp³-hybridized carbons (Fsp3) is 0.316. The van der Waals surface area contributed by atoms with Crippen molar-refractivity contribution >= 4 is 5.95 Å². The van der Waals surface area contributed by atoms with Gasteiger partial charge in [-0.2, -0.15) is 5.10 Å². The summed E-state index contributed by atoms with van der Waals surface area (Å²) in [6, 6.07) is 10.1. The van der Waals surface area contributed by atoms with Crippen LogP contribution in [0.2, 0.25) is 0 Å². The first-order valence-corrected chi connectivity index (χ1v) is 8.39. The van der Waals surface area contributed by atoms with Gasteiger partial charge < -0.3 is 9.64 Å². The van der Waals surface area contributed by atoms with E-state index in [0.717, 1.165) is 35.7 Å². The van der Waals surface area contributed by atoms with E-state index in [4.69, 9.17) is 9.72 Å². The van der Waals surface area contributed by atoms with E-state index < -0.39 is 0 Å². The molecule has 0 saturated carbocycles. The van der Waals surface area contributed by atoms with Crippen molar-refractivity contribution in [1.29, 1.82) is 0 Å². The van der Waals surface area contributed by atoms with Crippen molar-refractivity contribution < 1.29 is 4.74 Å². The number of nitrogens with zero attached hydrogens (tertiary/aromatic N) is 5. The van der Waals surface area contributed by atoms with E-state index in [-0.39, 0.29) is 6.10 Å². The van der Waals surface area contributed by atoms with E-state index >= 15 is 0 Å². The van der Waals surface area contributed by atoms with Crippen LogP contribution in [0.15, 0.2) is 42.7 Å².